The minimum absolute atomic E-state index is 0.0112. The van der Waals surface area contributed by atoms with E-state index < -0.39 is 27.5 Å². The summed E-state index contributed by atoms with van der Waals surface area (Å²) in [4.78, 5) is 21.4. The number of sulfonamides is 1. The highest BCUT2D eigenvalue weighted by molar-refractivity contribution is 7.92. The lowest BCUT2D eigenvalue weighted by atomic mass is 10.1. The summed E-state index contributed by atoms with van der Waals surface area (Å²) in [6.07, 6.45) is 0.506. The third kappa shape index (κ3) is 5.14. The minimum atomic E-state index is -4.15. The van der Waals surface area contributed by atoms with E-state index in [1.165, 1.54) is 30.3 Å². The average Bonchev–Trinajstić information content (AvgIpc) is 2.57. The van der Waals surface area contributed by atoms with E-state index in [2.05, 4.69) is 4.72 Å². The highest BCUT2D eigenvalue weighted by Crippen LogP contribution is 2.32. The number of ketones is 1. The number of anilines is 1. The van der Waals surface area contributed by atoms with Crippen molar-refractivity contribution in [2.75, 3.05) is 4.72 Å². The van der Waals surface area contributed by atoms with Gasteiger partial charge >= 0.3 is 5.97 Å². The molecule has 0 spiro atoms. The third-order valence-corrected chi connectivity index (χ3v) is 5.72. The number of carboxylic acid groups (broad SMARTS) is 1. The van der Waals surface area contributed by atoms with Crippen LogP contribution in [-0.4, -0.2) is 30.4 Å². The molecule has 0 heterocycles. The van der Waals surface area contributed by atoms with Gasteiger partial charge in [-0.05, 0) is 24.3 Å². The number of halogens is 3. The lowest BCUT2D eigenvalue weighted by Crippen LogP contribution is -2.14. The molecule has 0 atom stereocenters. The van der Waals surface area contributed by atoms with Crippen molar-refractivity contribution in [3.05, 3.63) is 63.1 Å². The number of carbonyl (C=O) groups excluding carboxylic acids is 1. The number of aliphatic hydroxyl groups excluding tert-OH is 1. The Balaban J connectivity index is 2.37. The molecule has 0 aliphatic carbocycles. The van der Waals surface area contributed by atoms with E-state index in [1.807, 2.05) is 0 Å². The number of carboxylic acids is 1. The Morgan fingerprint density at radius 2 is 1.59 bits per heavy atom. The second-order valence-corrected chi connectivity index (χ2v) is 7.95. The van der Waals surface area contributed by atoms with Crippen LogP contribution >= 0.6 is 34.8 Å². The van der Waals surface area contributed by atoms with E-state index in [0.717, 1.165) is 6.07 Å². The number of aliphatic hydroxyl groups is 1. The molecule has 2 rings (SSSR count). The predicted molar refractivity (Wildman–Crippen MR) is 102 cm³/mol. The minimum Gasteiger partial charge on any atom is -0.507 e. The molecule has 27 heavy (non-hydrogen) atoms. The fraction of sp³-hybridized carbons (Fsp3) is 0. The smallest absolute Gasteiger partial charge is 0.376 e. The van der Waals surface area contributed by atoms with E-state index in [0.29, 0.717) is 6.08 Å². The molecule has 0 saturated carbocycles. The monoisotopic (exact) mass is 449 g/mol. The third-order valence-electron chi connectivity index (χ3n) is 3.15. The first-order valence-electron chi connectivity index (χ1n) is 6.97. The second kappa shape index (κ2) is 8.18. The van der Waals surface area contributed by atoms with Crippen molar-refractivity contribution in [1.82, 2.24) is 0 Å². The fourth-order valence-electron chi connectivity index (χ4n) is 1.93. The molecule has 0 unspecified atom stereocenters. The van der Waals surface area contributed by atoms with Gasteiger partial charge in [0.15, 0.2) is 0 Å². The van der Waals surface area contributed by atoms with Crippen LogP contribution in [0, 0.1) is 0 Å². The molecule has 142 valence electrons. The van der Waals surface area contributed by atoms with Crippen LogP contribution in [0.25, 0.3) is 5.76 Å². The van der Waals surface area contributed by atoms with Crippen LogP contribution in [-0.2, 0) is 19.6 Å². The van der Waals surface area contributed by atoms with E-state index in [9.17, 15) is 23.1 Å². The quantitative estimate of drug-likeness (QED) is 0.265. The number of hydrogen-bond acceptors (Lipinski definition) is 5. The van der Waals surface area contributed by atoms with Gasteiger partial charge in [-0.25, -0.2) is 13.2 Å². The van der Waals surface area contributed by atoms with E-state index in [4.69, 9.17) is 39.9 Å². The molecular formula is C16H10Cl3NO6S. The fourth-order valence-corrected chi connectivity index (χ4v) is 3.98. The molecule has 3 N–H and O–H groups in total. The van der Waals surface area contributed by atoms with Gasteiger partial charge in [0, 0.05) is 17.3 Å². The molecule has 2 aromatic carbocycles. The van der Waals surface area contributed by atoms with Crippen LogP contribution in [0.2, 0.25) is 15.1 Å². The number of rotatable bonds is 6. The zero-order valence-electron chi connectivity index (χ0n) is 13.1. The van der Waals surface area contributed by atoms with E-state index in [-0.39, 0.29) is 31.2 Å². The van der Waals surface area contributed by atoms with Crippen molar-refractivity contribution in [1.29, 1.82) is 0 Å². The number of hydrogen-bond donors (Lipinski definition) is 3. The molecule has 0 amide bonds. The van der Waals surface area contributed by atoms with Crippen LogP contribution in [0.4, 0.5) is 5.69 Å². The van der Waals surface area contributed by atoms with E-state index in [1.54, 1.807) is 0 Å². The van der Waals surface area contributed by atoms with Gasteiger partial charge in [0.25, 0.3) is 15.8 Å². The van der Waals surface area contributed by atoms with Gasteiger partial charge in [-0.1, -0.05) is 46.9 Å². The first-order chi connectivity index (χ1) is 12.5. The van der Waals surface area contributed by atoms with Crippen molar-refractivity contribution in [2.45, 2.75) is 4.90 Å². The maximum atomic E-state index is 12.5. The Bertz CT molecular complexity index is 1070. The van der Waals surface area contributed by atoms with Crippen LogP contribution in [0.1, 0.15) is 5.56 Å². The Morgan fingerprint density at radius 1 is 0.963 bits per heavy atom. The predicted octanol–water partition coefficient (Wildman–Crippen LogP) is 4.00. The Kier molecular flexibility index (Phi) is 6.38. The summed E-state index contributed by atoms with van der Waals surface area (Å²) in [5.41, 5.74) is 0.0439. The van der Waals surface area contributed by atoms with Crippen LogP contribution in [0.5, 0.6) is 0 Å². The summed E-state index contributed by atoms with van der Waals surface area (Å²) in [6.45, 7) is 0. The first kappa shape index (κ1) is 21.0. The SMILES string of the molecule is O=C(O)C(=O)/C=C(\O)c1cccc(NS(=O)(=O)c2cc(Cl)c(Cl)cc2Cl)c1. The molecule has 11 heteroatoms. The molecule has 0 aliphatic heterocycles. The summed E-state index contributed by atoms with van der Waals surface area (Å²) in [7, 11) is -4.15. The number of aliphatic carboxylic acids is 1. The van der Waals surface area contributed by atoms with Gasteiger partial charge in [0.2, 0.25) is 0 Å². The molecular weight excluding hydrogens is 441 g/mol. The van der Waals surface area contributed by atoms with Crippen LogP contribution < -0.4 is 4.72 Å². The first-order valence-corrected chi connectivity index (χ1v) is 9.58. The molecule has 0 fully saturated rings. The summed E-state index contributed by atoms with van der Waals surface area (Å²) < 4.78 is 27.3. The van der Waals surface area contributed by atoms with E-state index >= 15 is 0 Å². The van der Waals surface area contributed by atoms with Crippen LogP contribution in [0.3, 0.4) is 0 Å². The van der Waals surface area contributed by atoms with Gasteiger partial charge < -0.3 is 10.2 Å². The lowest BCUT2D eigenvalue weighted by molar-refractivity contribution is -0.146. The van der Waals surface area contributed by atoms with Gasteiger partial charge in [-0.3, -0.25) is 9.52 Å². The molecule has 0 radical (unpaired) electrons. The average molecular weight is 451 g/mol. The molecule has 0 saturated heterocycles. The lowest BCUT2D eigenvalue weighted by Gasteiger charge is -2.11. The normalized spacial score (nSPS) is 11.9. The summed E-state index contributed by atoms with van der Waals surface area (Å²) in [5, 5.41) is 18.3. The highest BCUT2D eigenvalue weighted by atomic mass is 35.5. The Morgan fingerprint density at radius 3 is 2.22 bits per heavy atom. The highest BCUT2D eigenvalue weighted by Gasteiger charge is 2.20. The molecule has 0 aliphatic rings. The maximum absolute atomic E-state index is 12.5. The topological polar surface area (TPSA) is 121 Å². The van der Waals surface area contributed by atoms with Gasteiger partial charge in [-0.2, -0.15) is 0 Å². The van der Waals surface area contributed by atoms with Gasteiger partial charge in [0.05, 0.1) is 15.1 Å². The van der Waals surface area contributed by atoms with Crippen molar-refractivity contribution in [3.63, 3.8) is 0 Å². The van der Waals surface area contributed by atoms with Crippen molar-refractivity contribution >= 4 is 68.0 Å². The zero-order valence-corrected chi connectivity index (χ0v) is 16.2. The van der Waals surface area contributed by atoms with Gasteiger partial charge in [-0.15, -0.1) is 0 Å². The van der Waals surface area contributed by atoms with Gasteiger partial charge in [0.1, 0.15) is 10.7 Å². The number of benzene rings is 2. The van der Waals surface area contributed by atoms with Crippen LogP contribution in [0.15, 0.2) is 47.4 Å². The Hall–Kier alpha value is -2.26. The van der Waals surface area contributed by atoms with Crippen molar-refractivity contribution in [2.24, 2.45) is 0 Å². The molecule has 2 aromatic rings. The maximum Gasteiger partial charge on any atom is 0.376 e. The molecule has 0 bridgehead atoms. The largest absolute Gasteiger partial charge is 0.507 e. The summed E-state index contributed by atoms with van der Waals surface area (Å²) in [6, 6.07) is 7.58. The summed E-state index contributed by atoms with van der Waals surface area (Å²) in [5.74, 6) is -3.72. The Labute approximate surface area is 168 Å². The molecule has 0 aromatic heterocycles. The second-order valence-electron chi connectivity index (χ2n) is 5.08. The van der Waals surface area contributed by atoms with Crippen molar-refractivity contribution < 1.29 is 28.2 Å². The number of nitrogens with one attached hydrogen (secondary N) is 1. The van der Waals surface area contributed by atoms with Crippen molar-refractivity contribution in [3.8, 4) is 0 Å². The number of carbonyl (C=O) groups is 2. The molecule has 7 nitrogen and oxygen atoms in total. The standard InChI is InChI=1S/C16H10Cl3NO6S/c17-10-5-12(19)15(6-11(10)18)27(25,26)20-9-3-1-2-8(4-9)13(21)7-14(22)16(23)24/h1-7,20-21H,(H,23,24)/b13-7-. The summed E-state index contributed by atoms with van der Waals surface area (Å²) >= 11 is 17.5. The zero-order chi connectivity index (χ0) is 20.4.